The standard InChI is InChI=1S/C15H32N2Si/c1-15(2,3)16-12-17(13-18(4,5)6)14-10-8-7-9-11-14/h12,14H,7-11,13H2,1-6H3. The predicted octanol–water partition coefficient (Wildman–Crippen LogP) is 4.33. The molecule has 0 spiro atoms. The van der Waals surface area contributed by atoms with Crippen LogP contribution in [-0.4, -0.2) is 37.1 Å². The molecule has 1 aliphatic carbocycles. The maximum Gasteiger partial charge on any atom is 0.0856 e. The van der Waals surface area contributed by atoms with Crippen LogP contribution in [0.1, 0.15) is 52.9 Å². The zero-order valence-corrected chi connectivity index (χ0v) is 14.3. The second-order valence-electron chi connectivity index (χ2n) is 7.94. The molecule has 0 N–H and O–H groups in total. The van der Waals surface area contributed by atoms with Gasteiger partial charge in [0.15, 0.2) is 0 Å². The highest BCUT2D eigenvalue weighted by Gasteiger charge is 2.24. The minimum atomic E-state index is -1.07. The van der Waals surface area contributed by atoms with Gasteiger partial charge in [0.2, 0.25) is 0 Å². The average Bonchev–Trinajstić information content (AvgIpc) is 2.23. The molecule has 0 aromatic carbocycles. The predicted molar refractivity (Wildman–Crippen MR) is 85.2 cm³/mol. The van der Waals surface area contributed by atoms with Gasteiger partial charge < -0.3 is 4.90 Å². The number of rotatable bonds is 4. The van der Waals surface area contributed by atoms with E-state index in [2.05, 4.69) is 51.7 Å². The van der Waals surface area contributed by atoms with Crippen molar-refractivity contribution in [1.29, 1.82) is 0 Å². The molecule has 1 rings (SSSR count). The molecule has 0 aromatic heterocycles. The molecular weight excluding hydrogens is 236 g/mol. The number of aliphatic imine (C=N–C) groups is 1. The topological polar surface area (TPSA) is 15.6 Å². The lowest BCUT2D eigenvalue weighted by molar-refractivity contribution is 0.270. The molecule has 0 saturated heterocycles. The van der Waals surface area contributed by atoms with Gasteiger partial charge in [-0.25, -0.2) is 0 Å². The summed E-state index contributed by atoms with van der Waals surface area (Å²) in [6.45, 7) is 13.9. The van der Waals surface area contributed by atoms with Crippen LogP contribution < -0.4 is 0 Å². The first-order chi connectivity index (χ1) is 8.17. The normalized spacial score (nSPS) is 19.4. The molecule has 0 heterocycles. The van der Waals surface area contributed by atoms with Crippen LogP contribution in [-0.2, 0) is 0 Å². The van der Waals surface area contributed by atoms with E-state index >= 15 is 0 Å². The Morgan fingerprint density at radius 1 is 1.11 bits per heavy atom. The molecular formula is C15H32N2Si. The number of nitrogens with zero attached hydrogens (tertiary/aromatic N) is 2. The molecule has 1 saturated carbocycles. The highest BCUT2D eigenvalue weighted by molar-refractivity contribution is 6.76. The molecule has 1 fully saturated rings. The highest BCUT2D eigenvalue weighted by atomic mass is 28.3. The second kappa shape index (κ2) is 6.22. The lowest BCUT2D eigenvalue weighted by atomic mass is 9.95. The molecule has 0 aromatic rings. The van der Waals surface area contributed by atoms with Crippen molar-refractivity contribution >= 4 is 14.4 Å². The van der Waals surface area contributed by atoms with E-state index in [1.54, 1.807) is 0 Å². The summed E-state index contributed by atoms with van der Waals surface area (Å²) < 4.78 is 0. The lowest BCUT2D eigenvalue weighted by Gasteiger charge is -2.37. The Morgan fingerprint density at radius 2 is 1.67 bits per heavy atom. The second-order valence-corrected chi connectivity index (χ2v) is 13.4. The summed E-state index contributed by atoms with van der Waals surface area (Å²) in [6, 6.07) is 0.747. The van der Waals surface area contributed by atoms with E-state index in [1.165, 1.54) is 38.3 Å². The number of hydrogen-bond acceptors (Lipinski definition) is 1. The quantitative estimate of drug-likeness (QED) is 0.421. The summed E-state index contributed by atoms with van der Waals surface area (Å²) in [4.78, 5) is 7.31. The van der Waals surface area contributed by atoms with Crippen molar-refractivity contribution in [3.05, 3.63) is 0 Å². The van der Waals surface area contributed by atoms with Gasteiger partial charge in [0, 0.05) is 12.2 Å². The molecule has 0 unspecified atom stereocenters. The van der Waals surface area contributed by atoms with Crippen molar-refractivity contribution in [3.63, 3.8) is 0 Å². The molecule has 0 bridgehead atoms. The van der Waals surface area contributed by atoms with Gasteiger partial charge in [-0.05, 0) is 33.6 Å². The Balaban J connectivity index is 2.71. The Bertz CT molecular complexity index is 267. The Hall–Kier alpha value is -0.313. The van der Waals surface area contributed by atoms with E-state index in [0.29, 0.717) is 0 Å². The van der Waals surface area contributed by atoms with Gasteiger partial charge in [-0.1, -0.05) is 38.9 Å². The van der Waals surface area contributed by atoms with Crippen molar-refractivity contribution < 1.29 is 0 Å². The van der Waals surface area contributed by atoms with Crippen molar-refractivity contribution in [2.45, 2.75) is 84.1 Å². The van der Waals surface area contributed by atoms with Crippen molar-refractivity contribution in [2.75, 3.05) is 6.17 Å². The fourth-order valence-electron chi connectivity index (χ4n) is 2.47. The largest absolute Gasteiger partial charge is 0.363 e. The first kappa shape index (κ1) is 15.7. The Morgan fingerprint density at radius 3 is 2.11 bits per heavy atom. The first-order valence-electron chi connectivity index (χ1n) is 7.48. The molecule has 3 heteroatoms. The molecule has 0 atom stereocenters. The van der Waals surface area contributed by atoms with Crippen molar-refractivity contribution in [2.24, 2.45) is 4.99 Å². The lowest BCUT2D eigenvalue weighted by Crippen LogP contribution is -2.46. The minimum Gasteiger partial charge on any atom is -0.363 e. The van der Waals surface area contributed by atoms with E-state index in [0.717, 1.165) is 6.04 Å². The SMILES string of the molecule is CC(C)(C)N=CN(C[Si](C)(C)C)C1CCCCC1. The van der Waals surface area contributed by atoms with Crippen molar-refractivity contribution in [3.8, 4) is 0 Å². The third kappa shape index (κ3) is 6.57. The fourth-order valence-corrected chi connectivity index (χ4v) is 3.91. The van der Waals surface area contributed by atoms with Gasteiger partial charge in [0.05, 0.1) is 20.0 Å². The number of hydrogen-bond donors (Lipinski definition) is 0. The summed E-state index contributed by atoms with van der Waals surface area (Å²) in [6.07, 6.45) is 10.4. The van der Waals surface area contributed by atoms with E-state index in [1.807, 2.05) is 0 Å². The molecule has 0 amide bonds. The van der Waals surface area contributed by atoms with Crippen LogP contribution in [0.25, 0.3) is 0 Å². The van der Waals surface area contributed by atoms with E-state index in [-0.39, 0.29) is 5.54 Å². The zero-order chi connectivity index (χ0) is 13.8. The maximum absolute atomic E-state index is 4.74. The maximum atomic E-state index is 4.74. The van der Waals surface area contributed by atoms with Gasteiger partial charge >= 0.3 is 0 Å². The molecule has 0 radical (unpaired) electrons. The molecule has 2 nitrogen and oxygen atoms in total. The smallest absolute Gasteiger partial charge is 0.0856 e. The average molecular weight is 269 g/mol. The third-order valence-electron chi connectivity index (χ3n) is 3.29. The monoisotopic (exact) mass is 268 g/mol. The minimum absolute atomic E-state index is 0.0480. The van der Waals surface area contributed by atoms with Gasteiger partial charge in [-0.2, -0.15) is 0 Å². The molecule has 106 valence electrons. The summed E-state index contributed by atoms with van der Waals surface area (Å²) in [7, 11) is -1.07. The van der Waals surface area contributed by atoms with Crippen molar-refractivity contribution in [1.82, 2.24) is 4.90 Å². The van der Waals surface area contributed by atoms with Crippen LogP contribution in [0.3, 0.4) is 0 Å². The fraction of sp³-hybridized carbons (Fsp3) is 0.933. The van der Waals surface area contributed by atoms with Gasteiger partial charge in [-0.15, -0.1) is 0 Å². The molecule has 1 aliphatic rings. The summed E-state index contributed by atoms with van der Waals surface area (Å²) in [5.41, 5.74) is 0.0480. The van der Waals surface area contributed by atoms with E-state index in [4.69, 9.17) is 4.99 Å². The molecule has 18 heavy (non-hydrogen) atoms. The molecule has 0 aliphatic heterocycles. The van der Waals surface area contributed by atoms with Crippen LogP contribution in [0.15, 0.2) is 4.99 Å². The highest BCUT2D eigenvalue weighted by Crippen LogP contribution is 2.23. The van der Waals surface area contributed by atoms with Crippen LogP contribution in [0.4, 0.5) is 0 Å². The van der Waals surface area contributed by atoms with Gasteiger partial charge in [0.1, 0.15) is 0 Å². The van der Waals surface area contributed by atoms with E-state index in [9.17, 15) is 0 Å². The first-order valence-corrected chi connectivity index (χ1v) is 11.2. The van der Waals surface area contributed by atoms with E-state index < -0.39 is 8.07 Å². The Kier molecular flexibility index (Phi) is 5.44. The van der Waals surface area contributed by atoms with Gasteiger partial charge in [-0.3, -0.25) is 4.99 Å². The van der Waals surface area contributed by atoms with Crippen LogP contribution in [0.2, 0.25) is 19.6 Å². The summed E-state index contributed by atoms with van der Waals surface area (Å²) >= 11 is 0. The third-order valence-corrected chi connectivity index (χ3v) is 4.61. The van der Waals surface area contributed by atoms with Crippen LogP contribution >= 0.6 is 0 Å². The summed E-state index contributed by atoms with van der Waals surface area (Å²) in [5, 5.41) is 0. The Labute approximate surface area is 115 Å². The van der Waals surface area contributed by atoms with Gasteiger partial charge in [0.25, 0.3) is 0 Å². The zero-order valence-electron chi connectivity index (χ0n) is 13.3. The van der Waals surface area contributed by atoms with Crippen LogP contribution in [0, 0.1) is 0 Å². The van der Waals surface area contributed by atoms with Crippen LogP contribution in [0.5, 0.6) is 0 Å². The summed E-state index contributed by atoms with van der Waals surface area (Å²) in [5.74, 6) is 0.